The van der Waals surface area contributed by atoms with Gasteiger partial charge in [0.25, 0.3) is 0 Å². The van der Waals surface area contributed by atoms with Gasteiger partial charge in [0, 0.05) is 58.6 Å². The molecule has 1 aromatic rings. The number of rotatable bonds is 10. The van der Waals surface area contributed by atoms with Gasteiger partial charge in [0.15, 0.2) is 5.96 Å². The Labute approximate surface area is 158 Å². The van der Waals surface area contributed by atoms with E-state index in [1.807, 2.05) is 14.0 Å². The standard InChI is InChI=1S/C20H35N5O/c1-3-26-18-12-23-20(21-2)22-11-7-8-13-24-14-16-25(17-15-24)19-9-5-4-6-10-19/h4-6,9-10H,3,7-8,11-18H2,1-2H3,(H2,21,22,23). The Morgan fingerprint density at radius 1 is 1.04 bits per heavy atom. The van der Waals surface area contributed by atoms with Crippen LogP contribution in [0.3, 0.4) is 0 Å². The van der Waals surface area contributed by atoms with E-state index in [1.165, 1.54) is 18.7 Å². The van der Waals surface area contributed by atoms with Crippen molar-refractivity contribution in [1.82, 2.24) is 15.5 Å². The van der Waals surface area contributed by atoms with Gasteiger partial charge in [0.1, 0.15) is 0 Å². The highest BCUT2D eigenvalue weighted by molar-refractivity contribution is 5.79. The first kappa shape index (κ1) is 20.5. The quantitative estimate of drug-likeness (QED) is 0.378. The average Bonchev–Trinajstić information content (AvgIpc) is 2.70. The number of piperazine rings is 1. The fourth-order valence-electron chi connectivity index (χ4n) is 3.14. The van der Waals surface area contributed by atoms with Gasteiger partial charge >= 0.3 is 0 Å². The van der Waals surface area contributed by atoms with Crippen molar-refractivity contribution in [1.29, 1.82) is 0 Å². The van der Waals surface area contributed by atoms with E-state index in [0.29, 0.717) is 6.61 Å². The zero-order valence-corrected chi connectivity index (χ0v) is 16.4. The van der Waals surface area contributed by atoms with Crippen LogP contribution in [-0.2, 0) is 4.74 Å². The van der Waals surface area contributed by atoms with Crippen LogP contribution in [0.25, 0.3) is 0 Å². The monoisotopic (exact) mass is 361 g/mol. The molecule has 1 aliphatic heterocycles. The molecule has 1 saturated heterocycles. The molecule has 0 radical (unpaired) electrons. The van der Waals surface area contributed by atoms with E-state index >= 15 is 0 Å². The van der Waals surface area contributed by atoms with Crippen molar-refractivity contribution in [3.63, 3.8) is 0 Å². The SMILES string of the molecule is CCOCCNC(=NC)NCCCCN1CCN(c2ccccc2)CC1. The lowest BCUT2D eigenvalue weighted by Crippen LogP contribution is -2.46. The van der Waals surface area contributed by atoms with Crippen molar-refractivity contribution >= 4 is 11.6 Å². The summed E-state index contributed by atoms with van der Waals surface area (Å²) < 4.78 is 5.32. The van der Waals surface area contributed by atoms with Crippen molar-refractivity contribution in [2.24, 2.45) is 4.99 Å². The van der Waals surface area contributed by atoms with Gasteiger partial charge in [-0.2, -0.15) is 0 Å². The summed E-state index contributed by atoms with van der Waals surface area (Å²) in [6.45, 7) is 11.0. The maximum absolute atomic E-state index is 5.32. The molecular weight excluding hydrogens is 326 g/mol. The molecule has 146 valence electrons. The van der Waals surface area contributed by atoms with Gasteiger partial charge in [0.2, 0.25) is 0 Å². The number of hydrogen-bond donors (Lipinski definition) is 2. The van der Waals surface area contributed by atoms with E-state index in [9.17, 15) is 0 Å². The summed E-state index contributed by atoms with van der Waals surface area (Å²) in [6, 6.07) is 10.7. The molecule has 6 nitrogen and oxygen atoms in total. The fourth-order valence-corrected chi connectivity index (χ4v) is 3.14. The summed E-state index contributed by atoms with van der Waals surface area (Å²) in [5.74, 6) is 0.862. The zero-order chi connectivity index (χ0) is 18.5. The molecule has 0 unspecified atom stereocenters. The Bertz CT molecular complexity index is 500. The van der Waals surface area contributed by atoms with Gasteiger partial charge in [-0.1, -0.05) is 18.2 Å². The molecule has 2 N–H and O–H groups in total. The van der Waals surface area contributed by atoms with Gasteiger partial charge in [-0.3, -0.25) is 9.89 Å². The molecule has 1 fully saturated rings. The van der Waals surface area contributed by atoms with Crippen molar-refractivity contribution in [3.8, 4) is 0 Å². The maximum atomic E-state index is 5.32. The number of guanidine groups is 1. The molecule has 0 saturated carbocycles. The molecule has 0 amide bonds. The Morgan fingerprint density at radius 2 is 1.77 bits per heavy atom. The molecule has 1 aliphatic rings. The highest BCUT2D eigenvalue weighted by Gasteiger charge is 2.16. The van der Waals surface area contributed by atoms with Crippen LogP contribution < -0.4 is 15.5 Å². The first-order valence-electron chi connectivity index (χ1n) is 9.88. The van der Waals surface area contributed by atoms with E-state index in [1.54, 1.807) is 0 Å². The third-order valence-electron chi connectivity index (χ3n) is 4.65. The Kier molecular flexibility index (Phi) is 9.90. The minimum atomic E-state index is 0.714. The highest BCUT2D eigenvalue weighted by Crippen LogP contribution is 2.15. The van der Waals surface area contributed by atoms with Crippen molar-refractivity contribution in [2.45, 2.75) is 19.8 Å². The summed E-state index contributed by atoms with van der Waals surface area (Å²) >= 11 is 0. The van der Waals surface area contributed by atoms with Crippen molar-refractivity contribution in [2.75, 3.05) is 71.0 Å². The van der Waals surface area contributed by atoms with Crippen LogP contribution in [0.15, 0.2) is 35.3 Å². The van der Waals surface area contributed by atoms with Gasteiger partial charge in [-0.15, -0.1) is 0 Å². The number of nitrogens with one attached hydrogen (secondary N) is 2. The van der Waals surface area contributed by atoms with E-state index in [0.717, 1.165) is 58.3 Å². The lowest BCUT2D eigenvalue weighted by molar-refractivity contribution is 0.152. The topological polar surface area (TPSA) is 52.1 Å². The molecule has 0 atom stereocenters. The summed E-state index contributed by atoms with van der Waals surface area (Å²) in [6.07, 6.45) is 2.37. The maximum Gasteiger partial charge on any atom is 0.191 e. The number of unbranched alkanes of at least 4 members (excludes halogenated alkanes) is 1. The van der Waals surface area contributed by atoms with E-state index in [2.05, 4.69) is 55.8 Å². The first-order valence-corrected chi connectivity index (χ1v) is 9.88. The summed E-state index contributed by atoms with van der Waals surface area (Å²) in [7, 11) is 1.81. The molecule has 0 spiro atoms. The van der Waals surface area contributed by atoms with Gasteiger partial charge < -0.3 is 20.3 Å². The minimum Gasteiger partial charge on any atom is -0.380 e. The molecule has 0 bridgehead atoms. The minimum absolute atomic E-state index is 0.714. The highest BCUT2D eigenvalue weighted by atomic mass is 16.5. The number of para-hydroxylation sites is 1. The van der Waals surface area contributed by atoms with E-state index in [-0.39, 0.29) is 0 Å². The molecule has 1 aromatic carbocycles. The van der Waals surface area contributed by atoms with Crippen LogP contribution in [0, 0.1) is 0 Å². The van der Waals surface area contributed by atoms with Gasteiger partial charge in [0.05, 0.1) is 6.61 Å². The summed E-state index contributed by atoms with van der Waals surface area (Å²) in [5.41, 5.74) is 1.35. The number of nitrogens with zero attached hydrogens (tertiary/aromatic N) is 3. The zero-order valence-electron chi connectivity index (χ0n) is 16.4. The second-order valence-corrected chi connectivity index (χ2v) is 6.49. The summed E-state index contributed by atoms with van der Waals surface area (Å²) in [5, 5.41) is 6.63. The lowest BCUT2D eigenvalue weighted by Gasteiger charge is -2.36. The van der Waals surface area contributed by atoms with Crippen LogP contribution in [0.4, 0.5) is 5.69 Å². The number of aliphatic imine (C=N–C) groups is 1. The van der Waals surface area contributed by atoms with E-state index < -0.39 is 0 Å². The first-order chi connectivity index (χ1) is 12.8. The molecule has 26 heavy (non-hydrogen) atoms. The largest absolute Gasteiger partial charge is 0.380 e. The second kappa shape index (κ2) is 12.5. The van der Waals surface area contributed by atoms with Crippen LogP contribution in [0.1, 0.15) is 19.8 Å². The number of anilines is 1. The molecule has 6 heteroatoms. The van der Waals surface area contributed by atoms with Crippen molar-refractivity contribution < 1.29 is 4.74 Å². The molecule has 1 heterocycles. The number of benzene rings is 1. The Balaban J connectivity index is 1.51. The average molecular weight is 362 g/mol. The summed E-state index contributed by atoms with van der Waals surface area (Å²) in [4.78, 5) is 9.29. The van der Waals surface area contributed by atoms with Crippen molar-refractivity contribution in [3.05, 3.63) is 30.3 Å². The predicted octanol–water partition coefficient (Wildman–Crippen LogP) is 1.79. The smallest absolute Gasteiger partial charge is 0.191 e. The van der Waals surface area contributed by atoms with Crippen LogP contribution in [0.5, 0.6) is 0 Å². The third kappa shape index (κ3) is 7.62. The molecule has 0 aromatic heterocycles. The van der Waals surface area contributed by atoms with Crippen LogP contribution in [0.2, 0.25) is 0 Å². The fraction of sp³-hybridized carbons (Fsp3) is 0.650. The van der Waals surface area contributed by atoms with Crippen LogP contribution in [-0.4, -0.2) is 76.9 Å². The normalized spacial score (nSPS) is 15.9. The molecule has 2 rings (SSSR count). The second-order valence-electron chi connectivity index (χ2n) is 6.49. The Morgan fingerprint density at radius 3 is 2.46 bits per heavy atom. The Hall–Kier alpha value is -1.79. The molecular formula is C20H35N5O. The third-order valence-corrected chi connectivity index (χ3v) is 4.65. The predicted molar refractivity (Wildman–Crippen MR) is 110 cm³/mol. The van der Waals surface area contributed by atoms with Crippen LogP contribution >= 0.6 is 0 Å². The van der Waals surface area contributed by atoms with E-state index in [4.69, 9.17) is 4.74 Å². The lowest BCUT2D eigenvalue weighted by atomic mass is 10.2. The molecule has 0 aliphatic carbocycles. The number of ether oxygens (including phenoxy) is 1. The van der Waals surface area contributed by atoms with Gasteiger partial charge in [-0.05, 0) is 38.4 Å². The van der Waals surface area contributed by atoms with Gasteiger partial charge in [-0.25, -0.2) is 0 Å². The number of hydrogen-bond acceptors (Lipinski definition) is 4.